The maximum absolute atomic E-state index is 14.9. The maximum Gasteiger partial charge on any atom is 0.341 e. The first-order chi connectivity index (χ1) is 12.8. The van der Waals surface area contributed by atoms with E-state index in [1.54, 1.807) is 0 Å². The lowest BCUT2D eigenvalue weighted by molar-refractivity contribution is 0.0694. The summed E-state index contributed by atoms with van der Waals surface area (Å²) in [4.78, 5) is 25.8. The number of hydrogen-bond acceptors (Lipinski definition) is 4. The van der Waals surface area contributed by atoms with E-state index in [0.717, 1.165) is 18.9 Å². The van der Waals surface area contributed by atoms with Crippen LogP contribution in [0.15, 0.2) is 23.1 Å². The summed E-state index contributed by atoms with van der Waals surface area (Å²) in [6.07, 6.45) is 2.38. The highest BCUT2D eigenvalue weighted by Crippen LogP contribution is 2.53. The number of nitrogens with zero attached hydrogens (tertiary/aromatic N) is 2. The number of benzene rings is 1. The predicted molar refractivity (Wildman–Crippen MR) is 95.5 cm³/mol. The van der Waals surface area contributed by atoms with E-state index in [9.17, 15) is 23.5 Å². The molecular weight excluding hydrogens is 356 g/mol. The minimum Gasteiger partial charge on any atom is -0.477 e. The van der Waals surface area contributed by atoms with Gasteiger partial charge < -0.3 is 20.3 Å². The van der Waals surface area contributed by atoms with E-state index in [4.69, 9.17) is 5.73 Å². The van der Waals surface area contributed by atoms with Crippen LogP contribution >= 0.6 is 0 Å². The fourth-order valence-electron chi connectivity index (χ4n) is 4.33. The molecule has 2 aliphatic carbocycles. The second-order valence-corrected chi connectivity index (χ2v) is 8.07. The number of carbonyl (C=O) groups is 1. The quantitative estimate of drug-likeness (QED) is 0.857. The van der Waals surface area contributed by atoms with Gasteiger partial charge in [-0.1, -0.05) is 0 Å². The van der Waals surface area contributed by atoms with Crippen molar-refractivity contribution >= 4 is 22.6 Å². The molecular formula is C19H19F2N3O3. The lowest BCUT2D eigenvalue weighted by Crippen LogP contribution is -2.30. The van der Waals surface area contributed by atoms with Crippen molar-refractivity contribution in [3.63, 3.8) is 0 Å². The molecule has 1 saturated heterocycles. The number of hydrogen-bond donors (Lipinski definition) is 2. The van der Waals surface area contributed by atoms with Crippen molar-refractivity contribution in [2.75, 3.05) is 18.0 Å². The van der Waals surface area contributed by atoms with Gasteiger partial charge >= 0.3 is 5.97 Å². The number of aromatic carboxylic acids is 1. The molecule has 142 valence electrons. The van der Waals surface area contributed by atoms with Gasteiger partial charge in [0.2, 0.25) is 5.43 Å². The number of halogens is 2. The Morgan fingerprint density at radius 1 is 1.33 bits per heavy atom. The number of carboxylic acid groups (broad SMARTS) is 1. The monoisotopic (exact) mass is 375 g/mol. The average Bonchev–Trinajstić information content (AvgIpc) is 3.50. The molecule has 1 spiro atoms. The van der Waals surface area contributed by atoms with Crippen molar-refractivity contribution in [2.24, 2.45) is 11.1 Å². The molecule has 0 unspecified atom stereocenters. The Balaban J connectivity index is 1.69. The molecule has 1 aromatic carbocycles. The van der Waals surface area contributed by atoms with Gasteiger partial charge in [0, 0.05) is 42.6 Å². The van der Waals surface area contributed by atoms with Gasteiger partial charge in [0.1, 0.15) is 17.6 Å². The third kappa shape index (κ3) is 2.39. The van der Waals surface area contributed by atoms with Crippen molar-refractivity contribution in [1.82, 2.24) is 4.57 Å². The molecule has 2 heterocycles. The van der Waals surface area contributed by atoms with Crippen LogP contribution in [0.25, 0.3) is 10.9 Å². The van der Waals surface area contributed by atoms with Gasteiger partial charge in [0.25, 0.3) is 0 Å². The number of nitrogens with two attached hydrogens (primary N) is 1. The highest BCUT2D eigenvalue weighted by atomic mass is 19.1. The summed E-state index contributed by atoms with van der Waals surface area (Å²) >= 11 is 0. The van der Waals surface area contributed by atoms with Crippen molar-refractivity contribution in [1.29, 1.82) is 0 Å². The van der Waals surface area contributed by atoms with Gasteiger partial charge in [-0.2, -0.15) is 0 Å². The van der Waals surface area contributed by atoms with Crippen LogP contribution in [0.4, 0.5) is 14.5 Å². The third-order valence-corrected chi connectivity index (χ3v) is 6.31. The minimum absolute atomic E-state index is 0.0252. The van der Waals surface area contributed by atoms with E-state index in [0.29, 0.717) is 24.3 Å². The summed E-state index contributed by atoms with van der Waals surface area (Å²) in [5.74, 6) is -2.00. The first-order valence-corrected chi connectivity index (χ1v) is 9.07. The van der Waals surface area contributed by atoms with E-state index in [2.05, 4.69) is 0 Å². The van der Waals surface area contributed by atoms with Crippen LogP contribution in [-0.4, -0.2) is 40.9 Å². The van der Waals surface area contributed by atoms with Crippen molar-refractivity contribution in [2.45, 2.75) is 37.5 Å². The molecule has 6 nitrogen and oxygen atoms in total. The molecule has 2 saturated carbocycles. The van der Waals surface area contributed by atoms with E-state index >= 15 is 0 Å². The number of aromatic nitrogens is 1. The Morgan fingerprint density at radius 3 is 2.59 bits per heavy atom. The van der Waals surface area contributed by atoms with Gasteiger partial charge in [-0.05, 0) is 25.0 Å². The number of fused-ring (bicyclic) bond motifs is 1. The minimum atomic E-state index is -1.41. The zero-order valence-corrected chi connectivity index (χ0v) is 14.5. The number of pyridine rings is 1. The van der Waals surface area contributed by atoms with Crippen LogP contribution in [0.3, 0.4) is 0 Å². The zero-order chi connectivity index (χ0) is 19.1. The highest BCUT2D eigenvalue weighted by molar-refractivity contribution is 5.93. The Labute approximate surface area is 153 Å². The SMILES string of the molecule is N[C@@H]1CN(c2cc3c(cc2F)c(=O)c(C(=O)O)cn3[C@@H]2C[C@H]2F)CC12CC2. The summed E-state index contributed by atoms with van der Waals surface area (Å²) < 4.78 is 30.0. The molecule has 0 bridgehead atoms. The first-order valence-electron chi connectivity index (χ1n) is 9.07. The van der Waals surface area contributed by atoms with E-state index < -0.39 is 35.0 Å². The number of anilines is 1. The first kappa shape index (κ1) is 16.7. The van der Waals surface area contributed by atoms with Gasteiger partial charge in [0.05, 0.1) is 17.2 Å². The van der Waals surface area contributed by atoms with Crippen LogP contribution in [0.1, 0.15) is 35.7 Å². The van der Waals surface area contributed by atoms with Gasteiger partial charge in [-0.15, -0.1) is 0 Å². The number of carboxylic acids is 1. The molecule has 27 heavy (non-hydrogen) atoms. The van der Waals surface area contributed by atoms with Crippen molar-refractivity contribution in [3.05, 3.63) is 39.9 Å². The van der Waals surface area contributed by atoms with Gasteiger partial charge in [0.15, 0.2) is 0 Å². The van der Waals surface area contributed by atoms with E-state index in [-0.39, 0.29) is 23.3 Å². The Kier molecular flexibility index (Phi) is 3.26. The molecule has 0 radical (unpaired) electrons. The molecule has 0 amide bonds. The maximum atomic E-state index is 14.9. The largest absolute Gasteiger partial charge is 0.477 e. The molecule has 3 N–H and O–H groups in total. The third-order valence-electron chi connectivity index (χ3n) is 6.31. The van der Waals surface area contributed by atoms with Crippen molar-refractivity contribution < 1.29 is 18.7 Å². The molecule has 1 aromatic heterocycles. The van der Waals surface area contributed by atoms with Crippen LogP contribution in [0.5, 0.6) is 0 Å². The molecule has 8 heteroatoms. The van der Waals surface area contributed by atoms with E-state index in [1.165, 1.54) is 16.8 Å². The lowest BCUT2D eigenvalue weighted by atomic mass is 10.0. The highest BCUT2D eigenvalue weighted by Gasteiger charge is 2.53. The lowest BCUT2D eigenvalue weighted by Gasteiger charge is -2.21. The molecule has 5 rings (SSSR count). The average molecular weight is 375 g/mol. The summed E-state index contributed by atoms with van der Waals surface area (Å²) in [6.45, 7) is 1.18. The van der Waals surface area contributed by atoms with Crippen molar-refractivity contribution in [3.8, 4) is 0 Å². The fraction of sp³-hybridized carbons (Fsp3) is 0.474. The van der Waals surface area contributed by atoms with Crippen LogP contribution in [-0.2, 0) is 0 Å². The fourth-order valence-corrected chi connectivity index (χ4v) is 4.33. The normalized spacial score (nSPS) is 28.1. The van der Waals surface area contributed by atoms with Crippen LogP contribution in [0.2, 0.25) is 0 Å². The Hall–Kier alpha value is -2.48. The summed E-state index contributed by atoms with van der Waals surface area (Å²) in [6, 6.07) is 2.06. The summed E-state index contributed by atoms with van der Waals surface area (Å²) in [5.41, 5.74) is 5.72. The Morgan fingerprint density at radius 2 is 2.04 bits per heavy atom. The molecule has 2 aromatic rings. The topological polar surface area (TPSA) is 88.6 Å². The predicted octanol–water partition coefficient (Wildman–Crippen LogP) is 2.05. The standard InChI is InChI=1S/C19H19F2N3O3/c20-11-3-9-13(5-14(11)23-7-16(22)19(8-23)1-2-19)24(15-4-12(15)21)6-10(17(9)25)18(26)27/h3,5-6,12,15-16H,1-2,4,7-8,22H2,(H,26,27)/t12-,15-,16-/m1/s1. The van der Waals surface area contributed by atoms with Crippen LogP contribution < -0.4 is 16.1 Å². The second-order valence-electron chi connectivity index (χ2n) is 8.07. The Bertz CT molecular complexity index is 1050. The summed E-state index contributed by atoms with van der Waals surface area (Å²) in [5, 5.41) is 9.24. The van der Waals surface area contributed by atoms with Crippen LogP contribution in [0, 0.1) is 11.2 Å². The molecule has 3 fully saturated rings. The molecule has 3 atom stereocenters. The zero-order valence-electron chi connectivity index (χ0n) is 14.5. The van der Waals surface area contributed by atoms with E-state index in [1.807, 2.05) is 4.90 Å². The smallest absolute Gasteiger partial charge is 0.341 e. The van der Waals surface area contributed by atoms with Gasteiger partial charge in [-0.25, -0.2) is 13.6 Å². The summed E-state index contributed by atoms with van der Waals surface area (Å²) in [7, 11) is 0. The molecule has 1 aliphatic heterocycles. The number of rotatable bonds is 3. The van der Waals surface area contributed by atoms with Gasteiger partial charge in [-0.3, -0.25) is 4.79 Å². The second kappa shape index (κ2) is 5.28. The molecule has 3 aliphatic rings. The number of alkyl halides is 1.